The molecule has 0 saturated heterocycles. The van der Waals surface area contributed by atoms with E-state index >= 15 is 0 Å². The Morgan fingerprint density at radius 2 is 1.95 bits per heavy atom. The van der Waals surface area contributed by atoms with E-state index < -0.39 is 0 Å². The molecule has 2 N–H and O–H groups in total. The first kappa shape index (κ1) is 14.3. The Kier molecular flexibility index (Phi) is 4.94. The van der Waals surface area contributed by atoms with Gasteiger partial charge in [-0.2, -0.15) is 5.26 Å². The molecule has 2 aromatic carbocycles. The molecule has 0 unspecified atom stereocenters. The zero-order valence-electron chi connectivity index (χ0n) is 10.6. The number of hydrogen-bond donors (Lipinski definition) is 2. The average molecular weight is 302 g/mol. The maximum absolute atomic E-state index is 8.83. The lowest BCUT2D eigenvalue weighted by atomic mass is 10.2. The van der Waals surface area contributed by atoms with Gasteiger partial charge >= 0.3 is 0 Å². The highest BCUT2D eigenvalue weighted by atomic mass is 35.5. The smallest absolute Gasteiger partial charge is 0.171 e. The third-order valence-electron chi connectivity index (χ3n) is 2.62. The van der Waals surface area contributed by atoms with E-state index in [-0.39, 0.29) is 0 Å². The number of halogens is 1. The third-order valence-corrected chi connectivity index (χ3v) is 3.11. The van der Waals surface area contributed by atoms with Crippen LogP contribution in [0.4, 0.5) is 5.69 Å². The van der Waals surface area contributed by atoms with Crippen LogP contribution in [-0.4, -0.2) is 5.11 Å². The van der Waals surface area contributed by atoms with E-state index in [0.29, 0.717) is 22.2 Å². The molecule has 0 atom stereocenters. The molecule has 20 heavy (non-hydrogen) atoms. The van der Waals surface area contributed by atoms with Crippen LogP contribution in [0.15, 0.2) is 48.5 Å². The molecule has 100 valence electrons. The molecule has 0 radical (unpaired) electrons. The lowest BCUT2D eigenvalue weighted by molar-refractivity contribution is 0.926. The van der Waals surface area contributed by atoms with E-state index in [4.69, 9.17) is 29.1 Å². The molecule has 2 rings (SSSR count). The minimum absolute atomic E-state index is 0.509. The molecule has 0 saturated carbocycles. The summed E-state index contributed by atoms with van der Waals surface area (Å²) in [4.78, 5) is 0. The van der Waals surface area contributed by atoms with Crippen LogP contribution >= 0.6 is 23.8 Å². The first-order valence-electron chi connectivity index (χ1n) is 5.97. The predicted molar refractivity (Wildman–Crippen MR) is 85.7 cm³/mol. The molecule has 0 amide bonds. The Morgan fingerprint density at radius 3 is 2.65 bits per heavy atom. The molecule has 0 aromatic heterocycles. The number of thiocarbonyl (C=S) groups is 1. The van der Waals surface area contributed by atoms with Crippen LogP contribution in [0.25, 0.3) is 0 Å². The summed E-state index contributed by atoms with van der Waals surface area (Å²) in [6.45, 7) is 0.612. The molecule has 0 heterocycles. The highest BCUT2D eigenvalue weighted by Gasteiger charge is 1.99. The van der Waals surface area contributed by atoms with Crippen molar-refractivity contribution in [3.63, 3.8) is 0 Å². The van der Waals surface area contributed by atoms with Gasteiger partial charge in [0.2, 0.25) is 0 Å². The summed E-state index contributed by atoms with van der Waals surface area (Å²) in [5, 5.41) is 16.2. The number of hydrogen-bond acceptors (Lipinski definition) is 2. The third kappa shape index (κ3) is 4.23. The van der Waals surface area contributed by atoms with Crippen LogP contribution < -0.4 is 10.6 Å². The molecule has 0 spiro atoms. The van der Waals surface area contributed by atoms with Gasteiger partial charge in [0.25, 0.3) is 0 Å². The number of nitriles is 1. The second-order valence-electron chi connectivity index (χ2n) is 4.13. The zero-order valence-corrected chi connectivity index (χ0v) is 12.1. The van der Waals surface area contributed by atoms with Gasteiger partial charge in [-0.1, -0.05) is 29.8 Å². The Labute approximate surface area is 128 Å². The maximum Gasteiger partial charge on any atom is 0.171 e. The van der Waals surface area contributed by atoms with E-state index in [9.17, 15) is 0 Å². The lowest BCUT2D eigenvalue weighted by Crippen LogP contribution is -2.27. The van der Waals surface area contributed by atoms with Crippen LogP contribution in [0.1, 0.15) is 11.1 Å². The molecule has 0 aliphatic rings. The molecular formula is C15H12ClN3S. The second-order valence-corrected chi connectivity index (χ2v) is 4.97. The average Bonchev–Trinajstić information content (AvgIpc) is 2.47. The first-order chi connectivity index (χ1) is 9.67. The number of nitrogens with one attached hydrogen (secondary N) is 2. The number of rotatable bonds is 3. The fourth-order valence-electron chi connectivity index (χ4n) is 1.63. The fraction of sp³-hybridized carbons (Fsp3) is 0.0667. The fourth-order valence-corrected chi connectivity index (χ4v) is 1.94. The minimum atomic E-state index is 0.509. The molecule has 0 bridgehead atoms. The highest BCUT2D eigenvalue weighted by Crippen LogP contribution is 2.11. The molecular weight excluding hydrogens is 290 g/mol. The van der Waals surface area contributed by atoms with Crippen molar-refractivity contribution in [3.8, 4) is 6.07 Å². The second kappa shape index (κ2) is 6.90. The Hall–Kier alpha value is -2.09. The minimum Gasteiger partial charge on any atom is -0.358 e. The van der Waals surface area contributed by atoms with Gasteiger partial charge in [-0.15, -0.1) is 0 Å². The van der Waals surface area contributed by atoms with Crippen LogP contribution in [0, 0.1) is 11.3 Å². The van der Waals surface area contributed by atoms with Gasteiger partial charge in [0.05, 0.1) is 11.6 Å². The van der Waals surface area contributed by atoms with Crippen LogP contribution in [-0.2, 0) is 6.54 Å². The van der Waals surface area contributed by atoms with Gasteiger partial charge in [0.15, 0.2) is 5.11 Å². The number of nitrogens with zero attached hydrogens (tertiary/aromatic N) is 1. The van der Waals surface area contributed by atoms with Crippen LogP contribution in [0.2, 0.25) is 5.02 Å². The van der Waals surface area contributed by atoms with Gasteiger partial charge in [-0.3, -0.25) is 0 Å². The summed E-state index contributed by atoms with van der Waals surface area (Å²) in [5.74, 6) is 0. The van der Waals surface area contributed by atoms with Gasteiger partial charge in [0.1, 0.15) is 0 Å². The number of benzene rings is 2. The standard InChI is InChI=1S/C15H12ClN3S/c16-13-6-4-11(5-7-13)10-18-15(20)19-14-3-1-2-12(8-14)9-17/h1-8H,10H2,(H2,18,19,20). The first-order valence-corrected chi connectivity index (χ1v) is 6.75. The summed E-state index contributed by atoms with van der Waals surface area (Å²) >= 11 is 11.0. The molecule has 5 heteroatoms. The Morgan fingerprint density at radius 1 is 1.20 bits per heavy atom. The Bertz CT molecular complexity index is 647. The van der Waals surface area contributed by atoms with E-state index in [1.807, 2.05) is 36.4 Å². The van der Waals surface area contributed by atoms with Crippen molar-refractivity contribution < 1.29 is 0 Å². The van der Waals surface area contributed by atoms with Gasteiger partial charge < -0.3 is 10.6 Å². The molecule has 0 aliphatic heterocycles. The van der Waals surface area contributed by atoms with Crippen molar-refractivity contribution in [3.05, 3.63) is 64.7 Å². The van der Waals surface area contributed by atoms with E-state index in [1.54, 1.807) is 12.1 Å². The quantitative estimate of drug-likeness (QED) is 0.849. The van der Waals surface area contributed by atoms with Gasteiger partial charge in [-0.05, 0) is 48.1 Å². The van der Waals surface area contributed by atoms with Crippen LogP contribution in [0.3, 0.4) is 0 Å². The van der Waals surface area contributed by atoms with Crippen molar-refractivity contribution >= 4 is 34.6 Å². The normalized spacial score (nSPS) is 9.60. The van der Waals surface area contributed by atoms with Crippen molar-refractivity contribution in [1.29, 1.82) is 5.26 Å². The topological polar surface area (TPSA) is 47.9 Å². The van der Waals surface area contributed by atoms with Crippen LogP contribution in [0.5, 0.6) is 0 Å². The summed E-state index contributed by atoms with van der Waals surface area (Å²) < 4.78 is 0. The lowest BCUT2D eigenvalue weighted by Gasteiger charge is -2.10. The predicted octanol–water partition coefficient (Wildman–Crippen LogP) is 3.70. The number of anilines is 1. The summed E-state index contributed by atoms with van der Waals surface area (Å²) in [5.41, 5.74) is 2.47. The van der Waals surface area contributed by atoms with Crippen molar-refractivity contribution in [2.24, 2.45) is 0 Å². The van der Waals surface area contributed by atoms with Crippen molar-refractivity contribution in [1.82, 2.24) is 5.32 Å². The SMILES string of the molecule is N#Cc1cccc(NC(=S)NCc2ccc(Cl)cc2)c1. The summed E-state index contributed by atoms with van der Waals surface area (Å²) in [7, 11) is 0. The molecule has 0 aliphatic carbocycles. The zero-order chi connectivity index (χ0) is 14.4. The summed E-state index contributed by atoms with van der Waals surface area (Å²) in [6, 6.07) is 16.8. The largest absolute Gasteiger partial charge is 0.358 e. The molecule has 2 aromatic rings. The maximum atomic E-state index is 8.83. The monoisotopic (exact) mass is 301 g/mol. The van der Waals surface area contributed by atoms with Crippen molar-refractivity contribution in [2.75, 3.05) is 5.32 Å². The van der Waals surface area contributed by atoms with E-state index in [1.165, 1.54) is 0 Å². The molecule has 3 nitrogen and oxygen atoms in total. The van der Waals surface area contributed by atoms with E-state index in [2.05, 4.69) is 16.7 Å². The van der Waals surface area contributed by atoms with Crippen molar-refractivity contribution in [2.45, 2.75) is 6.54 Å². The van der Waals surface area contributed by atoms with E-state index in [0.717, 1.165) is 11.3 Å². The van der Waals surface area contributed by atoms with Gasteiger partial charge in [-0.25, -0.2) is 0 Å². The molecule has 0 fully saturated rings. The van der Waals surface area contributed by atoms with Gasteiger partial charge in [0, 0.05) is 17.3 Å². The summed E-state index contributed by atoms with van der Waals surface area (Å²) in [6.07, 6.45) is 0. The highest BCUT2D eigenvalue weighted by molar-refractivity contribution is 7.80. The Balaban J connectivity index is 1.89.